The first-order chi connectivity index (χ1) is 22.1. The number of carbonyl (C=O) groups is 2. The first kappa shape index (κ1) is 40.6. The fraction of sp³-hybridized carbons (Fsp3) is 0.692. The second-order valence-electron chi connectivity index (χ2n) is 12.0. The Morgan fingerprint density at radius 2 is 1.04 bits per heavy atom. The second-order valence-corrected chi connectivity index (χ2v) is 12.0. The molecule has 256 valence electrons. The van der Waals surface area contributed by atoms with Crippen molar-refractivity contribution in [3.63, 3.8) is 0 Å². The van der Waals surface area contributed by atoms with Gasteiger partial charge in [-0.3, -0.25) is 9.59 Å². The van der Waals surface area contributed by atoms with E-state index in [0.29, 0.717) is 25.0 Å². The molecule has 1 aliphatic heterocycles. The van der Waals surface area contributed by atoms with Gasteiger partial charge in [0, 0.05) is 12.8 Å². The molecule has 3 atom stereocenters. The predicted molar refractivity (Wildman–Crippen MR) is 186 cm³/mol. The van der Waals surface area contributed by atoms with Crippen LogP contribution in [0.2, 0.25) is 0 Å². The average Bonchev–Trinajstić information content (AvgIpc) is 3.79. The number of esters is 2. The lowest BCUT2D eigenvalue weighted by Crippen LogP contribution is -2.25. The summed E-state index contributed by atoms with van der Waals surface area (Å²) in [4.78, 5) is 23.8. The van der Waals surface area contributed by atoms with E-state index in [2.05, 4.69) is 62.5 Å². The minimum absolute atomic E-state index is 0.143. The lowest BCUT2D eigenvalue weighted by molar-refractivity contribution is -0.152. The van der Waals surface area contributed by atoms with Crippen molar-refractivity contribution in [2.24, 2.45) is 0 Å². The number of allylic oxidation sites excluding steroid dienone is 8. The van der Waals surface area contributed by atoms with Crippen LogP contribution in [-0.2, 0) is 23.8 Å². The predicted octanol–water partition coefficient (Wildman–Crippen LogP) is 9.82. The Bertz CT molecular complexity index is 871. The van der Waals surface area contributed by atoms with E-state index in [-0.39, 0.29) is 31.6 Å². The van der Waals surface area contributed by atoms with Gasteiger partial charge in [-0.1, -0.05) is 139 Å². The van der Waals surface area contributed by atoms with E-state index in [4.69, 9.17) is 14.2 Å². The highest BCUT2D eigenvalue weighted by molar-refractivity contribution is 5.70. The molecule has 0 aromatic heterocycles. The standard InChI is InChI=1S/C39H64O6/c1-3-5-7-8-9-10-13-17-20-23-27-31-38(41)43-33-35(40)34-44-39(42)32-28-24-21-18-15-12-11-14-16-19-22-26-30-37-36(45-37)29-25-6-4-2/h6,12,14-16,21-22,24-26,35-37,40H,3-5,7-11,13,17-20,23,27-34H2,1-2H3/b15-12-,16-14-,24-21-,25-6-,26-22-/t35-,36?,37?/m0/s1. The van der Waals surface area contributed by atoms with Gasteiger partial charge in [0.15, 0.2) is 0 Å². The van der Waals surface area contributed by atoms with Crippen LogP contribution in [0.25, 0.3) is 0 Å². The van der Waals surface area contributed by atoms with Gasteiger partial charge < -0.3 is 19.3 Å². The zero-order valence-electron chi connectivity index (χ0n) is 28.6. The molecule has 0 saturated carbocycles. The number of epoxide rings is 1. The summed E-state index contributed by atoms with van der Waals surface area (Å²) in [6.45, 7) is 4.09. The lowest BCUT2D eigenvalue weighted by atomic mass is 10.1. The summed E-state index contributed by atoms with van der Waals surface area (Å²) in [6.07, 6.45) is 41.8. The molecule has 1 aliphatic rings. The Morgan fingerprint density at radius 3 is 1.58 bits per heavy atom. The Kier molecular flexibility index (Phi) is 27.3. The van der Waals surface area contributed by atoms with Crippen molar-refractivity contribution >= 4 is 11.9 Å². The number of aliphatic hydroxyl groups excluding tert-OH is 1. The average molecular weight is 629 g/mol. The quantitative estimate of drug-likeness (QED) is 0.0369. The lowest BCUT2D eigenvalue weighted by Gasteiger charge is -2.12. The molecule has 0 bridgehead atoms. The highest BCUT2D eigenvalue weighted by Crippen LogP contribution is 2.29. The molecule has 0 aliphatic carbocycles. The molecule has 0 aromatic rings. The Morgan fingerprint density at radius 1 is 0.600 bits per heavy atom. The zero-order chi connectivity index (χ0) is 32.6. The number of hydrogen-bond acceptors (Lipinski definition) is 6. The Balaban J connectivity index is 1.90. The molecule has 2 unspecified atom stereocenters. The van der Waals surface area contributed by atoms with E-state index >= 15 is 0 Å². The second kappa shape index (κ2) is 30.2. The number of carbonyl (C=O) groups excluding carboxylic acids is 2. The summed E-state index contributed by atoms with van der Waals surface area (Å²) >= 11 is 0. The van der Waals surface area contributed by atoms with E-state index < -0.39 is 6.10 Å². The van der Waals surface area contributed by atoms with Gasteiger partial charge in [-0.25, -0.2) is 0 Å². The van der Waals surface area contributed by atoms with E-state index in [1.807, 2.05) is 12.2 Å². The molecule has 0 amide bonds. The third-order valence-electron chi connectivity index (χ3n) is 7.68. The monoisotopic (exact) mass is 628 g/mol. The van der Waals surface area contributed by atoms with Crippen molar-refractivity contribution in [1.29, 1.82) is 0 Å². The highest BCUT2D eigenvalue weighted by atomic mass is 16.6. The van der Waals surface area contributed by atoms with Crippen molar-refractivity contribution in [1.82, 2.24) is 0 Å². The fourth-order valence-corrected chi connectivity index (χ4v) is 4.86. The number of rotatable bonds is 30. The molecule has 6 nitrogen and oxygen atoms in total. The zero-order valence-corrected chi connectivity index (χ0v) is 28.6. The Hall–Kier alpha value is -2.44. The minimum Gasteiger partial charge on any atom is -0.463 e. The normalized spacial score (nSPS) is 17.4. The summed E-state index contributed by atoms with van der Waals surface area (Å²) < 4.78 is 15.9. The summed E-state index contributed by atoms with van der Waals surface area (Å²) in [7, 11) is 0. The first-order valence-electron chi connectivity index (χ1n) is 18.0. The number of ether oxygens (including phenoxy) is 3. The van der Waals surface area contributed by atoms with Gasteiger partial charge >= 0.3 is 11.9 Å². The molecule has 1 rings (SSSR count). The van der Waals surface area contributed by atoms with Crippen LogP contribution in [0.1, 0.15) is 142 Å². The van der Waals surface area contributed by atoms with Crippen LogP contribution in [0.15, 0.2) is 60.8 Å². The van der Waals surface area contributed by atoms with Crippen LogP contribution in [0, 0.1) is 0 Å². The van der Waals surface area contributed by atoms with Gasteiger partial charge in [0.1, 0.15) is 19.3 Å². The third kappa shape index (κ3) is 27.6. The highest BCUT2D eigenvalue weighted by Gasteiger charge is 2.35. The Labute approximate surface area is 275 Å². The molecule has 0 radical (unpaired) electrons. The molecule has 1 saturated heterocycles. The van der Waals surface area contributed by atoms with Crippen LogP contribution in [0.5, 0.6) is 0 Å². The van der Waals surface area contributed by atoms with Crippen LogP contribution < -0.4 is 0 Å². The molecular weight excluding hydrogens is 564 g/mol. The van der Waals surface area contributed by atoms with Gasteiger partial charge in [-0.15, -0.1) is 0 Å². The number of hydrogen-bond donors (Lipinski definition) is 1. The SMILES string of the molecule is CC/C=C\CC1OC1C/C=C\C/C=C\C/C=C\C/C=C\CCC(=O)OC[C@@H](O)COC(=O)CCCCCCCCCCCCC. The molecule has 0 spiro atoms. The summed E-state index contributed by atoms with van der Waals surface area (Å²) in [6, 6.07) is 0. The van der Waals surface area contributed by atoms with Gasteiger partial charge in [0.2, 0.25) is 0 Å². The molecule has 1 heterocycles. The minimum atomic E-state index is -0.996. The smallest absolute Gasteiger partial charge is 0.306 e. The topological polar surface area (TPSA) is 85.4 Å². The van der Waals surface area contributed by atoms with Gasteiger partial charge in [0.25, 0.3) is 0 Å². The van der Waals surface area contributed by atoms with Crippen LogP contribution in [0.3, 0.4) is 0 Å². The van der Waals surface area contributed by atoms with Gasteiger partial charge in [-0.05, 0) is 51.4 Å². The van der Waals surface area contributed by atoms with Gasteiger partial charge in [-0.2, -0.15) is 0 Å². The molecular formula is C39H64O6. The number of aliphatic hydroxyl groups is 1. The summed E-state index contributed by atoms with van der Waals surface area (Å²) in [5.74, 6) is -0.669. The van der Waals surface area contributed by atoms with Crippen LogP contribution in [0.4, 0.5) is 0 Å². The maximum absolute atomic E-state index is 11.9. The summed E-state index contributed by atoms with van der Waals surface area (Å²) in [5, 5.41) is 9.96. The van der Waals surface area contributed by atoms with Crippen molar-refractivity contribution in [3.05, 3.63) is 60.8 Å². The van der Waals surface area contributed by atoms with E-state index in [0.717, 1.165) is 57.8 Å². The summed E-state index contributed by atoms with van der Waals surface area (Å²) in [5.41, 5.74) is 0. The largest absolute Gasteiger partial charge is 0.463 e. The fourth-order valence-electron chi connectivity index (χ4n) is 4.86. The maximum Gasteiger partial charge on any atom is 0.306 e. The third-order valence-corrected chi connectivity index (χ3v) is 7.68. The van der Waals surface area contributed by atoms with Crippen molar-refractivity contribution in [3.8, 4) is 0 Å². The first-order valence-corrected chi connectivity index (χ1v) is 18.0. The van der Waals surface area contributed by atoms with Crippen molar-refractivity contribution in [2.45, 2.75) is 161 Å². The van der Waals surface area contributed by atoms with Crippen LogP contribution in [-0.4, -0.2) is 48.6 Å². The van der Waals surface area contributed by atoms with E-state index in [9.17, 15) is 14.7 Å². The molecule has 0 aromatic carbocycles. The van der Waals surface area contributed by atoms with Crippen LogP contribution >= 0.6 is 0 Å². The van der Waals surface area contributed by atoms with E-state index in [1.165, 1.54) is 51.4 Å². The molecule has 1 N–H and O–H groups in total. The van der Waals surface area contributed by atoms with Crippen molar-refractivity contribution in [2.75, 3.05) is 13.2 Å². The van der Waals surface area contributed by atoms with E-state index in [1.54, 1.807) is 0 Å². The molecule has 6 heteroatoms. The van der Waals surface area contributed by atoms with Crippen molar-refractivity contribution < 1.29 is 28.9 Å². The van der Waals surface area contributed by atoms with Gasteiger partial charge in [0.05, 0.1) is 12.2 Å². The number of unbranched alkanes of at least 4 members (excludes halogenated alkanes) is 10. The maximum atomic E-state index is 11.9. The molecule has 1 fully saturated rings. The molecule has 45 heavy (non-hydrogen) atoms.